The number of rotatable bonds is 5. The first kappa shape index (κ1) is 15.5. The first-order valence-electron chi connectivity index (χ1n) is 7.52. The summed E-state index contributed by atoms with van der Waals surface area (Å²) >= 11 is 0. The monoisotopic (exact) mass is 293 g/mol. The average molecular weight is 293 g/mol. The Hall–Kier alpha value is -1.85. The molecule has 1 N–H and O–H groups in total. The predicted octanol–water partition coefficient (Wildman–Crippen LogP) is 1.75. The topological polar surface area (TPSA) is 75.4 Å². The lowest BCUT2D eigenvalue weighted by atomic mass is 9.78. The Labute approximate surface area is 124 Å². The summed E-state index contributed by atoms with van der Waals surface area (Å²) in [7, 11) is 1.74. The molecular formula is C15H23N3O3. The van der Waals surface area contributed by atoms with E-state index in [1.807, 2.05) is 17.8 Å². The van der Waals surface area contributed by atoms with Crippen molar-refractivity contribution in [3.05, 3.63) is 18.0 Å². The zero-order valence-corrected chi connectivity index (χ0v) is 12.7. The molecule has 1 fully saturated rings. The van der Waals surface area contributed by atoms with Gasteiger partial charge in [-0.1, -0.05) is 12.8 Å². The number of carbonyl (C=O) groups is 2. The number of hydrogen-bond donors (Lipinski definition) is 1. The van der Waals surface area contributed by atoms with Crippen LogP contribution in [0.15, 0.2) is 12.4 Å². The SMILES string of the molecule is CCn1cc(CN(C)C(=O)C2CCCCC2C(=O)O)cn1. The van der Waals surface area contributed by atoms with E-state index in [1.165, 1.54) is 0 Å². The van der Waals surface area contributed by atoms with Crippen LogP contribution < -0.4 is 0 Å². The first-order chi connectivity index (χ1) is 10.0. The maximum absolute atomic E-state index is 12.5. The molecule has 1 aromatic rings. The van der Waals surface area contributed by atoms with Gasteiger partial charge in [0.05, 0.1) is 18.0 Å². The highest BCUT2D eigenvalue weighted by atomic mass is 16.4. The minimum atomic E-state index is -0.847. The second-order valence-electron chi connectivity index (χ2n) is 5.73. The van der Waals surface area contributed by atoms with Gasteiger partial charge in [-0.3, -0.25) is 14.3 Å². The van der Waals surface area contributed by atoms with E-state index in [2.05, 4.69) is 5.10 Å². The Morgan fingerprint density at radius 3 is 2.62 bits per heavy atom. The number of carbonyl (C=O) groups excluding carboxylic acids is 1. The third-order valence-corrected chi connectivity index (χ3v) is 4.21. The maximum Gasteiger partial charge on any atom is 0.307 e. The highest BCUT2D eigenvalue weighted by Gasteiger charge is 2.37. The Bertz CT molecular complexity index is 512. The second-order valence-corrected chi connectivity index (χ2v) is 5.73. The molecule has 1 heterocycles. The van der Waals surface area contributed by atoms with E-state index < -0.39 is 11.9 Å². The largest absolute Gasteiger partial charge is 0.481 e. The minimum Gasteiger partial charge on any atom is -0.481 e. The highest BCUT2D eigenvalue weighted by molar-refractivity contribution is 5.84. The van der Waals surface area contributed by atoms with Gasteiger partial charge in [-0.05, 0) is 19.8 Å². The molecule has 6 heteroatoms. The lowest BCUT2D eigenvalue weighted by molar-refractivity contribution is -0.152. The van der Waals surface area contributed by atoms with E-state index in [1.54, 1.807) is 18.1 Å². The molecule has 1 aromatic heterocycles. The molecule has 116 valence electrons. The van der Waals surface area contributed by atoms with E-state index in [-0.39, 0.29) is 11.8 Å². The molecule has 0 aliphatic heterocycles. The average Bonchev–Trinajstić information content (AvgIpc) is 2.94. The summed E-state index contributed by atoms with van der Waals surface area (Å²) in [4.78, 5) is 25.5. The maximum atomic E-state index is 12.5. The molecule has 1 amide bonds. The van der Waals surface area contributed by atoms with Gasteiger partial charge in [-0.2, -0.15) is 5.10 Å². The van der Waals surface area contributed by atoms with Crippen molar-refractivity contribution in [2.24, 2.45) is 11.8 Å². The van der Waals surface area contributed by atoms with E-state index in [9.17, 15) is 14.7 Å². The fourth-order valence-electron chi connectivity index (χ4n) is 3.02. The number of aromatic nitrogens is 2. The predicted molar refractivity (Wildman–Crippen MR) is 77.5 cm³/mol. The van der Waals surface area contributed by atoms with Crippen molar-refractivity contribution in [3.63, 3.8) is 0 Å². The Morgan fingerprint density at radius 2 is 2.05 bits per heavy atom. The smallest absolute Gasteiger partial charge is 0.307 e. The van der Waals surface area contributed by atoms with Crippen LogP contribution in [0, 0.1) is 11.8 Å². The number of hydrogen-bond acceptors (Lipinski definition) is 3. The van der Waals surface area contributed by atoms with E-state index in [4.69, 9.17) is 0 Å². The van der Waals surface area contributed by atoms with Crippen molar-refractivity contribution in [2.45, 2.75) is 45.7 Å². The van der Waals surface area contributed by atoms with Crippen LogP contribution in [-0.2, 0) is 22.7 Å². The number of carboxylic acid groups (broad SMARTS) is 1. The Morgan fingerprint density at radius 1 is 1.38 bits per heavy atom. The number of aliphatic carboxylic acids is 1. The summed E-state index contributed by atoms with van der Waals surface area (Å²) < 4.78 is 1.81. The standard InChI is InChI=1S/C15H23N3O3/c1-3-18-10-11(8-16-18)9-17(2)14(19)12-6-4-5-7-13(12)15(20)21/h8,10,12-13H,3-7,9H2,1-2H3,(H,20,21). The molecule has 2 atom stereocenters. The second kappa shape index (κ2) is 6.74. The summed E-state index contributed by atoms with van der Waals surface area (Å²) in [6.07, 6.45) is 6.78. The van der Waals surface area contributed by atoms with Crippen LogP contribution in [0.25, 0.3) is 0 Å². The van der Waals surface area contributed by atoms with Crippen LogP contribution in [0.3, 0.4) is 0 Å². The van der Waals surface area contributed by atoms with Crippen molar-refractivity contribution in [1.82, 2.24) is 14.7 Å². The summed E-state index contributed by atoms with van der Waals surface area (Å²) in [5, 5.41) is 13.5. The molecule has 6 nitrogen and oxygen atoms in total. The van der Waals surface area contributed by atoms with Crippen LogP contribution in [0.1, 0.15) is 38.2 Å². The van der Waals surface area contributed by atoms with E-state index in [0.29, 0.717) is 19.4 Å². The van der Waals surface area contributed by atoms with Gasteiger partial charge in [0.1, 0.15) is 0 Å². The van der Waals surface area contributed by atoms with Gasteiger partial charge in [-0.25, -0.2) is 0 Å². The minimum absolute atomic E-state index is 0.0636. The van der Waals surface area contributed by atoms with Crippen LogP contribution >= 0.6 is 0 Å². The van der Waals surface area contributed by atoms with Crippen molar-refractivity contribution < 1.29 is 14.7 Å². The lowest BCUT2D eigenvalue weighted by Crippen LogP contribution is -2.40. The molecule has 2 unspecified atom stereocenters. The quantitative estimate of drug-likeness (QED) is 0.897. The van der Waals surface area contributed by atoms with Gasteiger partial charge in [0.2, 0.25) is 5.91 Å². The molecule has 0 saturated heterocycles. The number of carboxylic acids is 1. The molecule has 0 radical (unpaired) electrons. The molecule has 1 saturated carbocycles. The van der Waals surface area contributed by atoms with Crippen molar-refractivity contribution in [2.75, 3.05) is 7.05 Å². The van der Waals surface area contributed by atoms with Gasteiger partial charge in [0.15, 0.2) is 0 Å². The van der Waals surface area contributed by atoms with Crippen LogP contribution in [0.5, 0.6) is 0 Å². The molecule has 21 heavy (non-hydrogen) atoms. The van der Waals surface area contributed by atoms with Crippen LogP contribution in [0.4, 0.5) is 0 Å². The van der Waals surface area contributed by atoms with Crippen molar-refractivity contribution >= 4 is 11.9 Å². The van der Waals surface area contributed by atoms with Gasteiger partial charge in [-0.15, -0.1) is 0 Å². The van der Waals surface area contributed by atoms with E-state index in [0.717, 1.165) is 24.9 Å². The fraction of sp³-hybridized carbons (Fsp3) is 0.667. The number of amides is 1. The highest BCUT2D eigenvalue weighted by Crippen LogP contribution is 2.31. The van der Waals surface area contributed by atoms with Gasteiger partial charge >= 0.3 is 5.97 Å². The van der Waals surface area contributed by atoms with Gasteiger partial charge in [0, 0.05) is 31.9 Å². The van der Waals surface area contributed by atoms with Crippen molar-refractivity contribution in [3.8, 4) is 0 Å². The molecular weight excluding hydrogens is 270 g/mol. The van der Waals surface area contributed by atoms with Crippen LogP contribution in [-0.4, -0.2) is 38.7 Å². The summed E-state index contributed by atoms with van der Waals surface area (Å²) in [6.45, 7) is 3.27. The molecule has 1 aliphatic carbocycles. The molecule has 0 spiro atoms. The normalized spacial score (nSPS) is 22.0. The summed E-state index contributed by atoms with van der Waals surface area (Å²) in [5.74, 6) is -1.83. The van der Waals surface area contributed by atoms with Gasteiger partial charge in [0.25, 0.3) is 0 Å². The van der Waals surface area contributed by atoms with Gasteiger partial charge < -0.3 is 10.0 Å². The lowest BCUT2D eigenvalue weighted by Gasteiger charge is -2.30. The Balaban J connectivity index is 2.01. The number of aryl methyl sites for hydroxylation is 1. The van der Waals surface area contributed by atoms with Crippen molar-refractivity contribution in [1.29, 1.82) is 0 Å². The molecule has 0 aromatic carbocycles. The fourth-order valence-corrected chi connectivity index (χ4v) is 3.02. The summed E-state index contributed by atoms with van der Waals surface area (Å²) in [6, 6.07) is 0. The zero-order chi connectivity index (χ0) is 15.4. The number of nitrogens with zero attached hydrogens (tertiary/aromatic N) is 3. The first-order valence-corrected chi connectivity index (χ1v) is 7.52. The third-order valence-electron chi connectivity index (χ3n) is 4.21. The molecule has 1 aliphatic rings. The molecule has 2 rings (SSSR count). The van der Waals surface area contributed by atoms with Crippen LogP contribution in [0.2, 0.25) is 0 Å². The Kier molecular flexibility index (Phi) is 4.98. The summed E-state index contributed by atoms with van der Waals surface area (Å²) in [5.41, 5.74) is 0.968. The van der Waals surface area contributed by atoms with E-state index >= 15 is 0 Å². The third kappa shape index (κ3) is 3.62. The zero-order valence-electron chi connectivity index (χ0n) is 12.7. The molecule has 0 bridgehead atoms.